The standard InChI is InChI=1S/C26H26BFN2O4S/c1-17-10-12-18(13-11-17)35(31,32)30-16-20(27-33-25(2,3)26(4,5)34-27)24-23(30)15-14-22(29-24)19-8-6-7-9-21(19)28/h6-16H,1-5H3. The van der Waals surface area contributed by atoms with Crippen molar-refractivity contribution < 1.29 is 22.1 Å². The van der Waals surface area contributed by atoms with E-state index in [1.54, 1.807) is 54.6 Å². The molecule has 0 atom stereocenters. The van der Waals surface area contributed by atoms with Gasteiger partial charge in [-0.1, -0.05) is 29.8 Å². The maximum absolute atomic E-state index is 14.5. The van der Waals surface area contributed by atoms with E-state index in [1.807, 2.05) is 34.6 Å². The highest BCUT2D eigenvalue weighted by Gasteiger charge is 2.53. The molecule has 180 valence electrons. The molecule has 0 spiro atoms. The van der Waals surface area contributed by atoms with Crippen LogP contribution in [-0.2, 0) is 19.3 Å². The van der Waals surface area contributed by atoms with E-state index < -0.39 is 34.2 Å². The molecule has 1 aliphatic rings. The molecule has 1 aliphatic heterocycles. The third-order valence-corrected chi connectivity index (χ3v) is 8.56. The molecular formula is C26H26BFN2O4S. The summed E-state index contributed by atoms with van der Waals surface area (Å²) >= 11 is 0. The van der Waals surface area contributed by atoms with E-state index >= 15 is 0 Å². The molecule has 9 heteroatoms. The second-order valence-corrected chi connectivity index (χ2v) is 11.6. The van der Waals surface area contributed by atoms with Gasteiger partial charge in [0.25, 0.3) is 10.0 Å². The molecule has 4 aromatic rings. The summed E-state index contributed by atoms with van der Waals surface area (Å²) in [4.78, 5) is 4.85. The Morgan fingerprint density at radius 1 is 0.914 bits per heavy atom. The van der Waals surface area contributed by atoms with Crippen LogP contribution in [0.15, 0.2) is 71.8 Å². The fourth-order valence-corrected chi connectivity index (χ4v) is 5.45. The van der Waals surface area contributed by atoms with Gasteiger partial charge in [-0.2, -0.15) is 0 Å². The molecule has 1 fully saturated rings. The second-order valence-electron chi connectivity index (χ2n) is 9.83. The fourth-order valence-electron chi connectivity index (χ4n) is 4.08. The van der Waals surface area contributed by atoms with Crippen LogP contribution in [0.2, 0.25) is 0 Å². The van der Waals surface area contributed by atoms with E-state index in [2.05, 4.69) is 0 Å². The van der Waals surface area contributed by atoms with Crippen molar-refractivity contribution in [3.63, 3.8) is 0 Å². The summed E-state index contributed by atoms with van der Waals surface area (Å²) in [5.41, 5.74) is 1.59. The first kappa shape index (κ1) is 23.7. The van der Waals surface area contributed by atoms with Crippen LogP contribution in [0.3, 0.4) is 0 Å². The van der Waals surface area contributed by atoms with Crippen molar-refractivity contribution in [2.45, 2.75) is 50.7 Å². The van der Waals surface area contributed by atoms with Crippen LogP contribution < -0.4 is 5.46 Å². The van der Waals surface area contributed by atoms with Gasteiger partial charge in [0, 0.05) is 17.2 Å². The number of hydrogen-bond donors (Lipinski definition) is 0. The highest BCUT2D eigenvalue weighted by atomic mass is 32.2. The summed E-state index contributed by atoms with van der Waals surface area (Å²) < 4.78 is 55.5. The number of fused-ring (bicyclic) bond motifs is 1. The molecule has 0 amide bonds. The van der Waals surface area contributed by atoms with Crippen LogP contribution in [0.5, 0.6) is 0 Å². The van der Waals surface area contributed by atoms with Crippen molar-refractivity contribution in [3.8, 4) is 11.3 Å². The molecule has 0 aliphatic carbocycles. The highest BCUT2D eigenvalue weighted by Crippen LogP contribution is 2.37. The van der Waals surface area contributed by atoms with E-state index in [9.17, 15) is 12.8 Å². The molecule has 3 heterocycles. The molecule has 5 rings (SSSR count). The molecule has 0 bridgehead atoms. The van der Waals surface area contributed by atoms with E-state index in [0.717, 1.165) is 5.56 Å². The first-order chi connectivity index (χ1) is 16.4. The first-order valence-corrected chi connectivity index (χ1v) is 12.8. The van der Waals surface area contributed by atoms with Crippen LogP contribution in [-0.4, -0.2) is 35.7 Å². The van der Waals surface area contributed by atoms with Gasteiger partial charge in [0.2, 0.25) is 0 Å². The van der Waals surface area contributed by atoms with Crippen molar-refractivity contribution in [1.29, 1.82) is 0 Å². The van der Waals surface area contributed by atoms with Crippen molar-refractivity contribution >= 4 is 33.6 Å². The van der Waals surface area contributed by atoms with E-state index in [4.69, 9.17) is 14.3 Å². The average molecular weight is 492 g/mol. The molecule has 35 heavy (non-hydrogen) atoms. The first-order valence-electron chi connectivity index (χ1n) is 11.4. The molecule has 1 saturated heterocycles. The number of aryl methyl sites for hydroxylation is 1. The third kappa shape index (κ3) is 3.88. The topological polar surface area (TPSA) is 70.4 Å². The number of nitrogens with zero attached hydrogens (tertiary/aromatic N) is 2. The van der Waals surface area contributed by atoms with Crippen LogP contribution >= 0.6 is 0 Å². The minimum absolute atomic E-state index is 0.152. The Balaban J connectivity index is 1.74. The lowest BCUT2D eigenvalue weighted by atomic mass is 9.80. The van der Waals surface area contributed by atoms with Crippen LogP contribution in [0, 0.1) is 12.7 Å². The summed E-state index contributed by atoms with van der Waals surface area (Å²) in [7, 11) is -4.79. The molecule has 2 aromatic carbocycles. The lowest BCUT2D eigenvalue weighted by Crippen LogP contribution is -2.41. The summed E-state index contributed by atoms with van der Waals surface area (Å²) in [6.45, 7) is 9.59. The van der Waals surface area contributed by atoms with Gasteiger partial charge in [0.05, 0.1) is 32.8 Å². The van der Waals surface area contributed by atoms with Gasteiger partial charge in [0.1, 0.15) is 5.82 Å². The lowest BCUT2D eigenvalue weighted by molar-refractivity contribution is 0.00578. The van der Waals surface area contributed by atoms with E-state index in [-0.39, 0.29) is 4.90 Å². The van der Waals surface area contributed by atoms with Crippen molar-refractivity contribution in [1.82, 2.24) is 8.96 Å². The molecule has 0 unspecified atom stereocenters. The molecular weight excluding hydrogens is 466 g/mol. The number of halogens is 1. The van der Waals surface area contributed by atoms with Gasteiger partial charge in [-0.15, -0.1) is 0 Å². The van der Waals surface area contributed by atoms with E-state index in [1.165, 1.54) is 16.2 Å². The monoisotopic (exact) mass is 492 g/mol. The van der Waals surface area contributed by atoms with Gasteiger partial charge < -0.3 is 9.31 Å². The minimum atomic E-state index is -3.94. The Kier molecular flexibility index (Phi) is 5.43. The van der Waals surface area contributed by atoms with E-state index in [0.29, 0.717) is 27.8 Å². The summed E-state index contributed by atoms with van der Waals surface area (Å²) in [6, 6.07) is 16.3. The third-order valence-electron chi connectivity index (χ3n) is 6.88. The normalized spacial score (nSPS) is 17.3. The number of hydrogen-bond acceptors (Lipinski definition) is 5. The smallest absolute Gasteiger partial charge is 0.399 e. The highest BCUT2D eigenvalue weighted by molar-refractivity contribution is 7.90. The van der Waals surface area contributed by atoms with Crippen molar-refractivity contribution in [2.75, 3.05) is 0 Å². The van der Waals surface area contributed by atoms with Gasteiger partial charge in [-0.05, 0) is 71.0 Å². The van der Waals surface area contributed by atoms with Crippen LogP contribution in [0.1, 0.15) is 33.3 Å². The van der Waals surface area contributed by atoms with Crippen LogP contribution in [0.4, 0.5) is 4.39 Å². The quantitative estimate of drug-likeness (QED) is 0.387. The fraction of sp³-hybridized carbons (Fsp3) is 0.269. The Morgan fingerprint density at radius 2 is 1.54 bits per heavy atom. The van der Waals surface area contributed by atoms with Gasteiger partial charge in [-0.3, -0.25) is 0 Å². The maximum atomic E-state index is 14.5. The van der Waals surface area contributed by atoms with Gasteiger partial charge in [0.15, 0.2) is 0 Å². The maximum Gasteiger partial charge on any atom is 0.498 e. The predicted molar refractivity (Wildman–Crippen MR) is 135 cm³/mol. The average Bonchev–Trinajstić information content (AvgIpc) is 3.28. The predicted octanol–water partition coefficient (Wildman–Crippen LogP) is 4.69. The SMILES string of the molecule is Cc1ccc(S(=O)(=O)n2cc(B3OC(C)(C)C(C)(C)O3)c3nc(-c4ccccc4F)ccc32)cc1. The summed E-state index contributed by atoms with van der Waals surface area (Å²) in [5, 5.41) is 0. The number of pyridine rings is 1. The Labute approximate surface area is 204 Å². The van der Waals surface area contributed by atoms with Crippen molar-refractivity contribution in [2.24, 2.45) is 0 Å². The Hall–Kier alpha value is -3.01. The second kappa shape index (κ2) is 8.01. The van der Waals surface area contributed by atoms with Gasteiger partial charge in [-0.25, -0.2) is 21.8 Å². The molecule has 0 saturated carbocycles. The zero-order chi connectivity index (χ0) is 25.2. The zero-order valence-corrected chi connectivity index (χ0v) is 21.1. The molecule has 2 aromatic heterocycles. The molecule has 6 nitrogen and oxygen atoms in total. The number of rotatable bonds is 4. The molecule has 0 N–H and O–H groups in total. The van der Waals surface area contributed by atoms with Gasteiger partial charge >= 0.3 is 7.12 Å². The number of benzene rings is 2. The largest absolute Gasteiger partial charge is 0.498 e. The van der Waals surface area contributed by atoms with Crippen LogP contribution in [0.25, 0.3) is 22.3 Å². The Bertz CT molecular complexity index is 1530. The number of aromatic nitrogens is 2. The van der Waals surface area contributed by atoms with Crippen molar-refractivity contribution in [3.05, 3.63) is 78.2 Å². The summed E-state index contributed by atoms with van der Waals surface area (Å²) in [6.07, 6.45) is 1.50. The Morgan fingerprint density at radius 3 is 2.17 bits per heavy atom. The minimum Gasteiger partial charge on any atom is -0.399 e. The lowest BCUT2D eigenvalue weighted by Gasteiger charge is -2.32. The summed E-state index contributed by atoms with van der Waals surface area (Å²) in [5.74, 6) is -0.414. The zero-order valence-electron chi connectivity index (χ0n) is 20.2. The molecule has 0 radical (unpaired) electrons.